The van der Waals surface area contributed by atoms with Crippen molar-refractivity contribution in [2.45, 2.75) is 24.8 Å². The molecule has 3 aromatic rings. The fourth-order valence-electron chi connectivity index (χ4n) is 4.48. The Morgan fingerprint density at radius 1 is 0.812 bits per heavy atom. The Hall–Kier alpha value is -2.33. The maximum atomic E-state index is 14.0. The van der Waals surface area contributed by atoms with Crippen LogP contribution in [-0.4, -0.2) is 42.4 Å². The van der Waals surface area contributed by atoms with E-state index in [1.807, 2.05) is 78.7 Å². The summed E-state index contributed by atoms with van der Waals surface area (Å²) in [6.45, 7) is 3.01. The minimum Gasteiger partial charge on any atom is -0.337 e. The van der Waals surface area contributed by atoms with E-state index in [2.05, 4.69) is 17.0 Å². The Kier molecular flexibility index (Phi) is 7.51. The van der Waals surface area contributed by atoms with Crippen LogP contribution < -0.4 is 0 Å². The second-order valence-electron chi connectivity index (χ2n) is 8.42. The van der Waals surface area contributed by atoms with Gasteiger partial charge in [-0.15, -0.1) is 0 Å². The molecule has 1 fully saturated rings. The average Bonchev–Trinajstić information content (AvgIpc) is 3.33. The number of likely N-dealkylation sites (N-methyl/N-ethyl adjacent to an activating group) is 1. The van der Waals surface area contributed by atoms with Gasteiger partial charge >= 0.3 is 0 Å². The zero-order valence-corrected chi connectivity index (χ0v) is 19.8. The van der Waals surface area contributed by atoms with Gasteiger partial charge in [0.15, 0.2) is 0 Å². The summed E-state index contributed by atoms with van der Waals surface area (Å²) in [5.41, 5.74) is 2.99. The van der Waals surface area contributed by atoms with Crippen molar-refractivity contribution in [1.29, 1.82) is 0 Å². The number of halogens is 2. The SMILES string of the molecule is CN(C(=O)C(c1ccc(Cl)cc1)c1ccc(Cl)cc1)[C@H](CN1CCCC1)c1ccccc1. The summed E-state index contributed by atoms with van der Waals surface area (Å²) >= 11 is 12.3. The Morgan fingerprint density at radius 3 is 1.81 bits per heavy atom. The van der Waals surface area contributed by atoms with Crippen LogP contribution in [0, 0.1) is 0 Å². The Labute approximate surface area is 200 Å². The Morgan fingerprint density at radius 2 is 1.31 bits per heavy atom. The van der Waals surface area contributed by atoms with Crippen molar-refractivity contribution in [2.75, 3.05) is 26.7 Å². The second kappa shape index (κ2) is 10.5. The molecular weight excluding hydrogens is 439 g/mol. The highest BCUT2D eigenvalue weighted by Gasteiger charge is 2.31. The first kappa shape index (κ1) is 22.8. The number of rotatable bonds is 7. The molecule has 1 saturated heterocycles. The van der Waals surface area contributed by atoms with E-state index in [9.17, 15) is 4.79 Å². The third-order valence-corrected chi connectivity index (χ3v) is 6.79. The van der Waals surface area contributed by atoms with Crippen molar-refractivity contribution in [3.05, 3.63) is 106 Å². The number of nitrogens with zero attached hydrogens (tertiary/aromatic N) is 2. The van der Waals surface area contributed by atoms with Crippen LogP contribution in [0.15, 0.2) is 78.9 Å². The minimum absolute atomic E-state index is 0.0242. The van der Waals surface area contributed by atoms with E-state index >= 15 is 0 Å². The zero-order valence-electron chi connectivity index (χ0n) is 18.3. The molecule has 0 aliphatic carbocycles. The summed E-state index contributed by atoms with van der Waals surface area (Å²) in [6.07, 6.45) is 2.44. The van der Waals surface area contributed by atoms with Gasteiger partial charge in [-0.1, -0.05) is 77.8 Å². The normalized spacial score (nSPS) is 15.1. The van der Waals surface area contributed by atoms with Gasteiger partial charge in [0.1, 0.15) is 0 Å². The topological polar surface area (TPSA) is 23.6 Å². The summed E-state index contributed by atoms with van der Waals surface area (Å²) in [5, 5.41) is 1.31. The molecule has 32 heavy (non-hydrogen) atoms. The molecule has 0 spiro atoms. The van der Waals surface area contributed by atoms with Crippen molar-refractivity contribution in [3.63, 3.8) is 0 Å². The van der Waals surface area contributed by atoms with Crippen LogP contribution in [0.25, 0.3) is 0 Å². The molecule has 0 unspecified atom stereocenters. The molecule has 5 heteroatoms. The molecule has 1 aliphatic rings. The lowest BCUT2D eigenvalue weighted by Gasteiger charge is -2.34. The molecule has 4 rings (SSSR count). The summed E-state index contributed by atoms with van der Waals surface area (Å²) < 4.78 is 0. The first-order valence-corrected chi connectivity index (χ1v) is 11.8. The predicted octanol–water partition coefficient (Wildman–Crippen LogP) is 6.42. The van der Waals surface area contributed by atoms with Crippen LogP contribution in [0.5, 0.6) is 0 Å². The summed E-state index contributed by atoms with van der Waals surface area (Å²) in [7, 11) is 1.93. The van der Waals surface area contributed by atoms with Gasteiger partial charge < -0.3 is 9.80 Å². The first-order valence-electron chi connectivity index (χ1n) is 11.1. The van der Waals surface area contributed by atoms with E-state index in [1.54, 1.807) is 0 Å². The lowest BCUT2D eigenvalue weighted by Crippen LogP contribution is -2.41. The molecule has 0 radical (unpaired) electrons. The van der Waals surface area contributed by atoms with Crippen molar-refractivity contribution in [1.82, 2.24) is 9.80 Å². The molecule has 3 aromatic carbocycles. The quantitative estimate of drug-likeness (QED) is 0.400. The van der Waals surface area contributed by atoms with E-state index in [1.165, 1.54) is 12.8 Å². The van der Waals surface area contributed by atoms with Crippen LogP contribution in [0.1, 0.15) is 41.5 Å². The molecule has 1 aliphatic heterocycles. The maximum absolute atomic E-state index is 14.0. The zero-order chi connectivity index (χ0) is 22.5. The van der Waals surface area contributed by atoms with Gasteiger partial charge in [0.25, 0.3) is 0 Å². The Balaban J connectivity index is 1.69. The summed E-state index contributed by atoms with van der Waals surface area (Å²) in [6, 6.07) is 25.4. The number of likely N-dealkylation sites (tertiary alicyclic amines) is 1. The smallest absolute Gasteiger partial charge is 0.234 e. The van der Waals surface area contributed by atoms with Gasteiger partial charge in [-0.3, -0.25) is 4.79 Å². The van der Waals surface area contributed by atoms with E-state index in [4.69, 9.17) is 23.2 Å². The van der Waals surface area contributed by atoms with Gasteiger partial charge in [0.2, 0.25) is 5.91 Å². The number of carbonyl (C=O) groups excluding carboxylic acids is 1. The van der Waals surface area contributed by atoms with Gasteiger partial charge in [-0.25, -0.2) is 0 Å². The van der Waals surface area contributed by atoms with Crippen LogP contribution >= 0.6 is 23.2 Å². The van der Waals surface area contributed by atoms with E-state index in [0.717, 1.165) is 36.3 Å². The molecule has 166 valence electrons. The number of hydrogen-bond acceptors (Lipinski definition) is 2. The van der Waals surface area contributed by atoms with Gasteiger partial charge in [-0.05, 0) is 66.9 Å². The standard InChI is InChI=1S/C27H28Cl2N2O/c1-30(25(19-31-17-5-6-18-31)20-7-3-2-4-8-20)27(32)26(21-9-13-23(28)14-10-21)22-11-15-24(29)16-12-22/h2-4,7-16,25-26H,5-6,17-19H2,1H3/t25-/m1/s1. The van der Waals surface area contributed by atoms with E-state index in [-0.39, 0.29) is 11.9 Å². The van der Waals surface area contributed by atoms with Crippen molar-refractivity contribution < 1.29 is 4.79 Å². The molecule has 1 heterocycles. The van der Waals surface area contributed by atoms with Gasteiger partial charge in [0, 0.05) is 23.6 Å². The van der Waals surface area contributed by atoms with Crippen LogP contribution in [0.2, 0.25) is 10.0 Å². The highest BCUT2D eigenvalue weighted by molar-refractivity contribution is 6.30. The molecule has 3 nitrogen and oxygen atoms in total. The predicted molar refractivity (Wildman–Crippen MR) is 132 cm³/mol. The third-order valence-electron chi connectivity index (χ3n) is 6.28. The fraction of sp³-hybridized carbons (Fsp3) is 0.296. The highest BCUT2D eigenvalue weighted by Crippen LogP contribution is 2.32. The number of benzene rings is 3. The van der Waals surface area contributed by atoms with Gasteiger partial charge in [0.05, 0.1) is 12.0 Å². The lowest BCUT2D eigenvalue weighted by molar-refractivity contribution is -0.133. The molecule has 0 N–H and O–H groups in total. The number of amides is 1. The van der Waals surface area contributed by atoms with Crippen LogP contribution in [0.4, 0.5) is 0 Å². The monoisotopic (exact) mass is 466 g/mol. The number of hydrogen-bond donors (Lipinski definition) is 0. The van der Waals surface area contributed by atoms with Crippen molar-refractivity contribution >= 4 is 29.1 Å². The molecule has 1 atom stereocenters. The highest BCUT2D eigenvalue weighted by atomic mass is 35.5. The van der Waals surface area contributed by atoms with E-state index < -0.39 is 5.92 Å². The van der Waals surface area contributed by atoms with Gasteiger partial charge in [-0.2, -0.15) is 0 Å². The molecule has 1 amide bonds. The molecule has 0 bridgehead atoms. The Bertz CT molecular complexity index is 970. The second-order valence-corrected chi connectivity index (χ2v) is 9.29. The fourth-order valence-corrected chi connectivity index (χ4v) is 4.73. The largest absolute Gasteiger partial charge is 0.337 e. The van der Waals surface area contributed by atoms with E-state index in [0.29, 0.717) is 10.0 Å². The third kappa shape index (κ3) is 5.35. The lowest BCUT2D eigenvalue weighted by atomic mass is 9.89. The number of carbonyl (C=O) groups is 1. The average molecular weight is 467 g/mol. The van der Waals surface area contributed by atoms with Crippen LogP contribution in [0.3, 0.4) is 0 Å². The first-order chi connectivity index (χ1) is 15.5. The summed E-state index contributed by atoms with van der Waals surface area (Å²) in [5.74, 6) is -0.373. The molecule has 0 saturated carbocycles. The molecular formula is C27H28Cl2N2O. The maximum Gasteiger partial charge on any atom is 0.234 e. The molecule has 0 aromatic heterocycles. The summed E-state index contributed by atoms with van der Waals surface area (Å²) in [4.78, 5) is 18.4. The van der Waals surface area contributed by atoms with Crippen molar-refractivity contribution in [2.24, 2.45) is 0 Å². The van der Waals surface area contributed by atoms with Crippen molar-refractivity contribution in [3.8, 4) is 0 Å². The van der Waals surface area contributed by atoms with Crippen LogP contribution in [-0.2, 0) is 4.79 Å². The minimum atomic E-state index is -0.431.